The number of aryl methyl sites for hydroxylation is 1. The lowest BCUT2D eigenvalue weighted by Crippen LogP contribution is -1.95. The first-order chi connectivity index (χ1) is 10.2. The van der Waals surface area contributed by atoms with Crippen LogP contribution in [-0.2, 0) is 6.42 Å². The van der Waals surface area contributed by atoms with Gasteiger partial charge in [0.1, 0.15) is 12.0 Å². The van der Waals surface area contributed by atoms with E-state index in [1.165, 1.54) is 11.6 Å². The predicted molar refractivity (Wildman–Crippen MR) is 85.9 cm³/mol. The second-order valence-electron chi connectivity index (χ2n) is 5.61. The van der Waals surface area contributed by atoms with E-state index in [4.69, 9.17) is 0 Å². The molecule has 2 nitrogen and oxygen atoms in total. The van der Waals surface area contributed by atoms with E-state index in [1.807, 2.05) is 12.1 Å². The second kappa shape index (κ2) is 7.63. The van der Waals surface area contributed by atoms with Crippen LogP contribution in [0, 0.1) is 0 Å². The molecule has 2 rings (SSSR count). The van der Waals surface area contributed by atoms with Gasteiger partial charge in [-0.15, -0.1) is 0 Å². The summed E-state index contributed by atoms with van der Waals surface area (Å²) in [5.74, 6) is 0.744. The quantitative estimate of drug-likeness (QED) is 0.589. The molecule has 0 radical (unpaired) electrons. The van der Waals surface area contributed by atoms with E-state index in [9.17, 15) is 9.90 Å². The summed E-state index contributed by atoms with van der Waals surface area (Å²) in [5, 5.41) is 9.56. The Morgan fingerprint density at radius 3 is 2.57 bits per heavy atom. The molecule has 0 aliphatic rings. The van der Waals surface area contributed by atoms with Crippen LogP contribution < -0.4 is 0 Å². The molecule has 2 aromatic rings. The maximum atomic E-state index is 10.8. The number of carbonyl (C=O) groups is 1. The zero-order valence-electron chi connectivity index (χ0n) is 12.5. The van der Waals surface area contributed by atoms with Crippen LogP contribution in [0.1, 0.15) is 53.6 Å². The molecule has 2 aromatic carbocycles. The van der Waals surface area contributed by atoms with Gasteiger partial charge in [-0.05, 0) is 54.5 Å². The summed E-state index contributed by atoms with van der Waals surface area (Å²) >= 11 is 0. The molecule has 0 aromatic heterocycles. The maximum Gasteiger partial charge on any atom is 0.150 e. The predicted octanol–water partition coefficient (Wildman–Crippen LogP) is 4.72. The smallest absolute Gasteiger partial charge is 0.150 e. The molecule has 1 atom stereocenters. The van der Waals surface area contributed by atoms with Gasteiger partial charge >= 0.3 is 0 Å². The highest BCUT2D eigenvalue weighted by Gasteiger charge is 2.05. The Morgan fingerprint density at radius 1 is 1.10 bits per heavy atom. The lowest BCUT2D eigenvalue weighted by Gasteiger charge is -2.11. The monoisotopic (exact) mass is 282 g/mol. The number of hydrogen-bond acceptors (Lipinski definition) is 2. The van der Waals surface area contributed by atoms with Crippen molar-refractivity contribution in [1.29, 1.82) is 0 Å². The van der Waals surface area contributed by atoms with E-state index in [0.717, 1.165) is 37.5 Å². The van der Waals surface area contributed by atoms with Gasteiger partial charge in [0, 0.05) is 5.56 Å². The van der Waals surface area contributed by atoms with Gasteiger partial charge in [0.05, 0.1) is 0 Å². The molecule has 0 amide bonds. The number of aldehydes is 1. The summed E-state index contributed by atoms with van der Waals surface area (Å²) in [7, 11) is 0. The van der Waals surface area contributed by atoms with Crippen LogP contribution in [0.25, 0.3) is 0 Å². The van der Waals surface area contributed by atoms with Crippen LogP contribution in [0.3, 0.4) is 0 Å². The molecule has 0 fully saturated rings. The Balaban J connectivity index is 1.80. The fraction of sp³-hybridized carbons (Fsp3) is 0.316. The van der Waals surface area contributed by atoms with E-state index >= 15 is 0 Å². The van der Waals surface area contributed by atoms with E-state index in [2.05, 4.69) is 31.2 Å². The van der Waals surface area contributed by atoms with E-state index in [0.29, 0.717) is 11.5 Å². The zero-order chi connectivity index (χ0) is 15.1. The summed E-state index contributed by atoms with van der Waals surface area (Å²) in [6.45, 7) is 2.26. The highest BCUT2D eigenvalue weighted by Crippen LogP contribution is 2.22. The van der Waals surface area contributed by atoms with Gasteiger partial charge in [0.15, 0.2) is 0 Å². The minimum Gasteiger partial charge on any atom is -0.508 e. The molecular formula is C19H22O2. The number of carbonyl (C=O) groups excluding carboxylic acids is 1. The van der Waals surface area contributed by atoms with Crippen molar-refractivity contribution < 1.29 is 9.90 Å². The molecule has 0 heterocycles. The van der Waals surface area contributed by atoms with Crippen LogP contribution in [0.2, 0.25) is 0 Å². The maximum absolute atomic E-state index is 10.8. The normalized spacial score (nSPS) is 12.0. The van der Waals surface area contributed by atoms with Crippen LogP contribution in [-0.4, -0.2) is 11.4 Å². The Bertz CT molecular complexity index is 575. The second-order valence-corrected chi connectivity index (χ2v) is 5.61. The van der Waals surface area contributed by atoms with Crippen molar-refractivity contribution in [2.24, 2.45) is 0 Å². The third-order valence-corrected chi connectivity index (χ3v) is 3.86. The van der Waals surface area contributed by atoms with Gasteiger partial charge in [0.25, 0.3) is 0 Å². The van der Waals surface area contributed by atoms with Gasteiger partial charge in [-0.3, -0.25) is 4.79 Å². The van der Waals surface area contributed by atoms with Gasteiger partial charge in [-0.2, -0.15) is 0 Å². The summed E-state index contributed by atoms with van der Waals surface area (Å²) < 4.78 is 0. The van der Waals surface area contributed by atoms with E-state index in [1.54, 1.807) is 6.07 Å². The lowest BCUT2D eigenvalue weighted by molar-refractivity contribution is 0.112. The Hall–Kier alpha value is -2.09. The molecule has 0 bridgehead atoms. The Labute approximate surface area is 126 Å². The number of rotatable bonds is 7. The molecule has 110 valence electrons. The summed E-state index contributed by atoms with van der Waals surface area (Å²) in [4.78, 5) is 10.8. The van der Waals surface area contributed by atoms with Crippen molar-refractivity contribution in [2.45, 2.75) is 38.5 Å². The largest absolute Gasteiger partial charge is 0.508 e. The molecule has 1 unspecified atom stereocenters. The van der Waals surface area contributed by atoms with Gasteiger partial charge < -0.3 is 5.11 Å². The van der Waals surface area contributed by atoms with Crippen molar-refractivity contribution in [3.05, 3.63) is 65.2 Å². The molecule has 2 heteroatoms. The number of phenols is 1. The molecule has 0 saturated heterocycles. The topological polar surface area (TPSA) is 37.3 Å². The minimum absolute atomic E-state index is 0.173. The average Bonchev–Trinajstić information content (AvgIpc) is 2.51. The fourth-order valence-corrected chi connectivity index (χ4v) is 2.64. The highest BCUT2D eigenvalue weighted by molar-refractivity contribution is 5.75. The molecule has 0 spiro atoms. The molecule has 0 aliphatic carbocycles. The first-order valence-electron chi connectivity index (χ1n) is 7.52. The average molecular weight is 282 g/mol. The highest BCUT2D eigenvalue weighted by atomic mass is 16.3. The minimum atomic E-state index is 0.173. The SMILES string of the molecule is CC(CCCCc1cc(O)cc(C=O)c1)c1ccccc1. The Morgan fingerprint density at radius 2 is 1.86 bits per heavy atom. The molecule has 21 heavy (non-hydrogen) atoms. The summed E-state index contributed by atoms with van der Waals surface area (Å²) in [6.07, 6.45) is 5.04. The molecule has 1 N–H and O–H groups in total. The van der Waals surface area contributed by atoms with Crippen LogP contribution in [0.4, 0.5) is 0 Å². The molecular weight excluding hydrogens is 260 g/mol. The van der Waals surface area contributed by atoms with Gasteiger partial charge in [-0.25, -0.2) is 0 Å². The van der Waals surface area contributed by atoms with Crippen LogP contribution in [0.15, 0.2) is 48.5 Å². The number of phenolic OH excluding ortho intramolecular Hbond substituents is 1. The van der Waals surface area contributed by atoms with Crippen molar-refractivity contribution in [2.75, 3.05) is 0 Å². The fourth-order valence-electron chi connectivity index (χ4n) is 2.64. The molecule has 0 aliphatic heterocycles. The first kappa shape index (κ1) is 15.3. The third-order valence-electron chi connectivity index (χ3n) is 3.86. The first-order valence-corrected chi connectivity index (χ1v) is 7.52. The van der Waals surface area contributed by atoms with E-state index in [-0.39, 0.29) is 5.75 Å². The zero-order valence-corrected chi connectivity index (χ0v) is 12.5. The Kier molecular flexibility index (Phi) is 5.56. The number of hydrogen-bond donors (Lipinski definition) is 1. The van der Waals surface area contributed by atoms with Gasteiger partial charge in [-0.1, -0.05) is 43.7 Å². The third kappa shape index (κ3) is 4.75. The van der Waals surface area contributed by atoms with Crippen LogP contribution >= 0.6 is 0 Å². The van der Waals surface area contributed by atoms with E-state index < -0.39 is 0 Å². The number of aromatic hydroxyl groups is 1. The molecule has 0 saturated carbocycles. The van der Waals surface area contributed by atoms with Gasteiger partial charge in [0.2, 0.25) is 0 Å². The number of benzene rings is 2. The van der Waals surface area contributed by atoms with Crippen molar-refractivity contribution in [3.8, 4) is 5.75 Å². The summed E-state index contributed by atoms with van der Waals surface area (Å²) in [6, 6.07) is 15.7. The van der Waals surface area contributed by atoms with Crippen molar-refractivity contribution in [3.63, 3.8) is 0 Å². The standard InChI is InChI=1S/C19H22O2/c1-15(18-9-3-2-4-10-18)7-5-6-8-16-11-17(14-20)13-19(21)12-16/h2-4,9-15,21H,5-8H2,1H3. The number of unbranched alkanes of at least 4 members (excludes halogenated alkanes) is 1. The summed E-state index contributed by atoms with van der Waals surface area (Å²) in [5.41, 5.74) is 2.96. The van der Waals surface area contributed by atoms with Crippen molar-refractivity contribution >= 4 is 6.29 Å². The van der Waals surface area contributed by atoms with Crippen molar-refractivity contribution in [1.82, 2.24) is 0 Å². The lowest BCUT2D eigenvalue weighted by atomic mass is 9.94. The van der Waals surface area contributed by atoms with Crippen LogP contribution in [0.5, 0.6) is 5.75 Å².